The molecule has 0 heterocycles. The van der Waals surface area contributed by atoms with Gasteiger partial charge in [0.1, 0.15) is 0 Å². The van der Waals surface area contributed by atoms with Crippen molar-refractivity contribution in [3.05, 3.63) is 22.8 Å². The molecule has 0 saturated heterocycles. The monoisotopic (exact) mass is 248 g/mol. The molecule has 0 bridgehead atoms. The molecule has 0 atom stereocenters. The molecule has 86 valence electrons. The van der Waals surface area contributed by atoms with Crippen molar-refractivity contribution in [1.29, 1.82) is 0 Å². The van der Waals surface area contributed by atoms with Gasteiger partial charge in [-0.1, -0.05) is 23.3 Å². The molecule has 2 nitrogen and oxygen atoms in total. The van der Waals surface area contributed by atoms with E-state index in [-0.39, 0.29) is 0 Å². The topological polar surface area (TPSA) is 18.5 Å². The van der Waals surface area contributed by atoms with Gasteiger partial charge in [-0.25, -0.2) is 0 Å². The average Bonchev–Trinajstić information content (AvgIpc) is 2.22. The quantitative estimate of drug-likeness (QED) is 0.656. The predicted molar refractivity (Wildman–Crippen MR) is 66.3 cm³/mol. The fourth-order valence-corrected chi connectivity index (χ4v) is 2.95. The van der Waals surface area contributed by atoms with E-state index in [4.69, 9.17) is 20.6 Å². The van der Waals surface area contributed by atoms with Crippen LogP contribution in [0, 0.1) is 0 Å². The van der Waals surface area contributed by atoms with Crippen LogP contribution in [0.5, 0.6) is 0 Å². The van der Waals surface area contributed by atoms with Crippen molar-refractivity contribution < 1.29 is 9.05 Å². The van der Waals surface area contributed by atoms with Crippen LogP contribution >= 0.6 is 20.0 Å². The van der Waals surface area contributed by atoms with Crippen LogP contribution in [-0.2, 0) is 9.05 Å². The molecule has 15 heavy (non-hydrogen) atoms. The van der Waals surface area contributed by atoms with Crippen molar-refractivity contribution in [2.24, 2.45) is 0 Å². The fourth-order valence-electron chi connectivity index (χ4n) is 1.37. The van der Waals surface area contributed by atoms with Gasteiger partial charge in [0.15, 0.2) is 8.38 Å². The van der Waals surface area contributed by atoms with E-state index in [2.05, 4.69) is 6.08 Å². The van der Waals surface area contributed by atoms with Gasteiger partial charge in [0, 0.05) is 11.2 Å². The SMILES string of the molecule is CCOP(CC1=CC=C(Cl)CC1)OCC. The second kappa shape index (κ2) is 7.40. The first-order chi connectivity index (χ1) is 7.26. The zero-order valence-electron chi connectivity index (χ0n) is 9.33. The van der Waals surface area contributed by atoms with Gasteiger partial charge in [-0.05, 0) is 32.8 Å². The minimum Gasteiger partial charge on any atom is -0.334 e. The Kier molecular flexibility index (Phi) is 6.51. The Morgan fingerprint density at radius 2 is 1.87 bits per heavy atom. The molecular formula is C11H18ClO2P. The molecule has 1 aliphatic rings. The summed E-state index contributed by atoms with van der Waals surface area (Å²) >= 11 is 5.90. The zero-order valence-corrected chi connectivity index (χ0v) is 11.0. The Morgan fingerprint density at radius 3 is 2.33 bits per heavy atom. The highest BCUT2D eigenvalue weighted by molar-refractivity contribution is 7.47. The summed E-state index contributed by atoms with van der Waals surface area (Å²) in [5, 5.41) is 0.941. The van der Waals surface area contributed by atoms with Crippen LogP contribution in [0.4, 0.5) is 0 Å². The number of halogens is 1. The highest BCUT2D eigenvalue weighted by Crippen LogP contribution is 2.41. The van der Waals surface area contributed by atoms with Crippen LogP contribution in [0.3, 0.4) is 0 Å². The number of rotatable bonds is 6. The van der Waals surface area contributed by atoms with Crippen molar-refractivity contribution in [3.63, 3.8) is 0 Å². The molecule has 0 aromatic heterocycles. The maximum atomic E-state index is 5.90. The van der Waals surface area contributed by atoms with E-state index < -0.39 is 8.38 Å². The molecule has 1 rings (SSSR count). The standard InChI is InChI=1S/C11H18ClO2P/c1-3-13-15(14-4-2)9-10-5-7-11(12)8-6-10/h5,7H,3-4,6,8-9H2,1-2H3. The van der Waals surface area contributed by atoms with E-state index in [1.54, 1.807) is 0 Å². The third-order valence-corrected chi connectivity index (χ3v) is 4.13. The Labute approximate surface area is 98.2 Å². The Hall–Kier alpha value is 0.120. The predicted octanol–water partition coefficient (Wildman–Crippen LogP) is 4.21. The second-order valence-electron chi connectivity index (χ2n) is 3.26. The summed E-state index contributed by atoms with van der Waals surface area (Å²) in [6.07, 6.45) is 6.98. The summed E-state index contributed by atoms with van der Waals surface area (Å²) in [6, 6.07) is 0. The zero-order chi connectivity index (χ0) is 11.1. The number of hydrogen-bond donors (Lipinski definition) is 0. The first-order valence-corrected chi connectivity index (χ1v) is 7.07. The van der Waals surface area contributed by atoms with Gasteiger partial charge in [-0.3, -0.25) is 0 Å². The molecule has 0 spiro atoms. The molecule has 0 radical (unpaired) electrons. The lowest BCUT2D eigenvalue weighted by atomic mass is 10.1. The van der Waals surface area contributed by atoms with Crippen LogP contribution in [0.1, 0.15) is 26.7 Å². The van der Waals surface area contributed by atoms with E-state index >= 15 is 0 Å². The maximum absolute atomic E-state index is 5.90. The lowest BCUT2D eigenvalue weighted by Gasteiger charge is -2.18. The summed E-state index contributed by atoms with van der Waals surface area (Å²) in [7, 11) is -0.739. The van der Waals surface area contributed by atoms with Gasteiger partial charge in [0.2, 0.25) is 0 Å². The van der Waals surface area contributed by atoms with Crippen LogP contribution in [-0.4, -0.2) is 19.4 Å². The van der Waals surface area contributed by atoms with Crippen LogP contribution in [0.2, 0.25) is 0 Å². The minimum absolute atomic E-state index is 0.718. The van der Waals surface area contributed by atoms with Gasteiger partial charge < -0.3 is 9.05 Å². The molecule has 4 heteroatoms. The highest BCUT2D eigenvalue weighted by atomic mass is 35.5. The van der Waals surface area contributed by atoms with E-state index in [1.165, 1.54) is 5.57 Å². The van der Waals surface area contributed by atoms with Gasteiger partial charge in [-0.15, -0.1) is 0 Å². The third kappa shape index (κ3) is 5.12. The fraction of sp³-hybridized carbons (Fsp3) is 0.636. The first-order valence-electron chi connectivity index (χ1n) is 5.33. The van der Waals surface area contributed by atoms with Gasteiger partial charge in [0.05, 0.1) is 13.2 Å². The summed E-state index contributed by atoms with van der Waals surface area (Å²) in [5.74, 6) is 0. The van der Waals surface area contributed by atoms with E-state index in [9.17, 15) is 0 Å². The Morgan fingerprint density at radius 1 is 1.20 bits per heavy atom. The number of hydrogen-bond acceptors (Lipinski definition) is 2. The van der Waals surface area contributed by atoms with E-state index in [0.717, 1.165) is 37.2 Å². The van der Waals surface area contributed by atoms with Gasteiger partial charge in [-0.2, -0.15) is 0 Å². The summed E-state index contributed by atoms with van der Waals surface area (Å²) < 4.78 is 11.1. The van der Waals surface area contributed by atoms with Crippen LogP contribution in [0.15, 0.2) is 22.8 Å². The van der Waals surface area contributed by atoms with E-state index in [1.807, 2.05) is 19.9 Å². The molecule has 0 N–H and O–H groups in total. The lowest BCUT2D eigenvalue weighted by Crippen LogP contribution is -2.00. The molecule has 0 fully saturated rings. The van der Waals surface area contributed by atoms with Crippen LogP contribution < -0.4 is 0 Å². The molecule has 1 aliphatic carbocycles. The smallest absolute Gasteiger partial charge is 0.174 e. The largest absolute Gasteiger partial charge is 0.334 e. The normalized spacial score (nSPS) is 16.5. The molecule has 0 saturated carbocycles. The van der Waals surface area contributed by atoms with Crippen molar-refractivity contribution in [3.8, 4) is 0 Å². The van der Waals surface area contributed by atoms with Crippen molar-refractivity contribution >= 4 is 20.0 Å². The van der Waals surface area contributed by atoms with Gasteiger partial charge >= 0.3 is 0 Å². The Balaban J connectivity index is 2.43. The molecule has 0 amide bonds. The number of allylic oxidation sites excluding steroid dienone is 4. The molecule has 0 aromatic rings. The Bertz CT molecular complexity index is 245. The van der Waals surface area contributed by atoms with E-state index in [0.29, 0.717) is 0 Å². The van der Waals surface area contributed by atoms with Crippen LogP contribution in [0.25, 0.3) is 0 Å². The third-order valence-electron chi connectivity index (χ3n) is 2.06. The lowest BCUT2D eigenvalue weighted by molar-refractivity contribution is 0.271. The summed E-state index contributed by atoms with van der Waals surface area (Å²) in [5.41, 5.74) is 1.38. The molecular weight excluding hydrogens is 231 g/mol. The maximum Gasteiger partial charge on any atom is 0.174 e. The molecule has 0 unspecified atom stereocenters. The van der Waals surface area contributed by atoms with Crippen molar-refractivity contribution in [1.82, 2.24) is 0 Å². The minimum atomic E-state index is -0.739. The van der Waals surface area contributed by atoms with Crippen molar-refractivity contribution in [2.75, 3.05) is 19.4 Å². The highest BCUT2D eigenvalue weighted by Gasteiger charge is 2.13. The van der Waals surface area contributed by atoms with Crippen molar-refractivity contribution in [2.45, 2.75) is 26.7 Å². The summed E-state index contributed by atoms with van der Waals surface area (Å²) in [6.45, 7) is 5.44. The first kappa shape index (κ1) is 13.2. The summed E-state index contributed by atoms with van der Waals surface area (Å²) in [4.78, 5) is 0. The average molecular weight is 249 g/mol. The molecule has 0 aromatic carbocycles. The second-order valence-corrected chi connectivity index (χ2v) is 5.25. The van der Waals surface area contributed by atoms with Gasteiger partial charge in [0.25, 0.3) is 0 Å². The molecule has 0 aliphatic heterocycles.